The second kappa shape index (κ2) is 6.34. The van der Waals surface area contributed by atoms with Crippen molar-refractivity contribution < 1.29 is 9.59 Å². The zero-order chi connectivity index (χ0) is 15.7. The quantitative estimate of drug-likeness (QED) is 0.796. The highest BCUT2D eigenvalue weighted by Crippen LogP contribution is 2.39. The van der Waals surface area contributed by atoms with E-state index in [1.807, 2.05) is 11.0 Å². The van der Waals surface area contributed by atoms with Gasteiger partial charge in [-0.05, 0) is 44.4 Å². The minimum atomic E-state index is -0.252. The van der Waals surface area contributed by atoms with Gasteiger partial charge in [0.25, 0.3) is 5.91 Å². The smallest absolute Gasteiger partial charge is 0.262 e. The summed E-state index contributed by atoms with van der Waals surface area (Å²) in [4.78, 5) is 27.8. The molecule has 22 heavy (non-hydrogen) atoms. The molecule has 2 aliphatic rings. The number of nitrogens with one attached hydrogen (secondary N) is 1. The Balaban J connectivity index is 1.81. The number of thioether (sulfide) groups is 1. The third kappa shape index (κ3) is 3.15. The molecule has 1 atom stereocenters. The molecule has 0 spiro atoms. The number of rotatable bonds is 1. The van der Waals surface area contributed by atoms with Gasteiger partial charge in [0.05, 0.1) is 10.6 Å². The van der Waals surface area contributed by atoms with Gasteiger partial charge in [0.2, 0.25) is 5.91 Å². The van der Waals surface area contributed by atoms with Crippen molar-refractivity contribution in [3.05, 3.63) is 34.2 Å². The number of anilines is 1. The van der Waals surface area contributed by atoms with Gasteiger partial charge in [-0.3, -0.25) is 9.59 Å². The molecule has 0 aliphatic carbocycles. The molecule has 0 unspecified atom stereocenters. The van der Waals surface area contributed by atoms with Crippen molar-refractivity contribution >= 4 is 40.9 Å². The standard InChI is InChI=1S/C16H17ClN2O2S/c1-10-4-2-3-7-19(10)15(20)9-14-16(21)18-12-8-11(17)5-6-13(12)22-14/h5-6,8-10H,2-4,7H2,1H3,(H,18,21)/b14-9+/t10-/m1/s1. The predicted molar refractivity (Wildman–Crippen MR) is 89.0 cm³/mol. The van der Waals surface area contributed by atoms with Crippen LogP contribution >= 0.6 is 23.4 Å². The molecule has 3 rings (SSSR count). The number of piperidine rings is 1. The summed E-state index contributed by atoms with van der Waals surface area (Å²) in [6, 6.07) is 5.58. The van der Waals surface area contributed by atoms with Crippen LogP contribution in [0.25, 0.3) is 0 Å². The van der Waals surface area contributed by atoms with Crippen LogP contribution in [-0.2, 0) is 9.59 Å². The van der Waals surface area contributed by atoms with E-state index >= 15 is 0 Å². The Bertz CT molecular complexity index is 660. The van der Waals surface area contributed by atoms with Crippen molar-refractivity contribution in [2.75, 3.05) is 11.9 Å². The van der Waals surface area contributed by atoms with E-state index in [4.69, 9.17) is 11.6 Å². The highest BCUT2D eigenvalue weighted by molar-refractivity contribution is 8.04. The van der Waals surface area contributed by atoms with Crippen molar-refractivity contribution in [2.24, 2.45) is 0 Å². The molecule has 1 aromatic rings. The zero-order valence-electron chi connectivity index (χ0n) is 12.3. The number of hydrogen-bond acceptors (Lipinski definition) is 3. The van der Waals surface area contributed by atoms with Crippen molar-refractivity contribution in [3.8, 4) is 0 Å². The van der Waals surface area contributed by atoms with Crippen molar-refractivity contribution in [1.29, 1.82) is 0 Å². The lowest BCUT2D eigenvalue weighted by molar-refractivity contribution is -0.129. The normalized spacial score (nSPS) is 23.2. The van der Waals surface area contributed by atoms with E-state index in [0.29, 0.717) is 15.6 Å². The molecule has 1 fully saturated rings. The van der Waals surface area contributed by atoms with E-state index in [0.717, 1.165) is 30.7 Å². The first kappa shape index (κ1) is 15.4. The molecule has 0 bridgehead atoms. The maximum absolute atomic E-state index is 12.4. The summed E-state index contributed by atoms with van der Waals surface area (Å²) in [6.45, 7) is 2.82. The summed E-state index contributed by atoms with van der Waals surface area (Å²) in [7, 11) is 0. The molecule has 2 heterocycles. The van der Waals surface area contributed by atoms with Gasteiger partial charge in [-0.25, -0.2) is 0 Å². The van der Waals surface area contributed by atoms with E-state index in [1.54, 1.807) is 12.1 Å². The third-order valence-corrected chi connectivity index (χ3v) is 5.31. The van der Waals surface area contributed by atoms with Crippen LogP contribution in [0.4, 0.5) is 5.69 Å². The molecule has 1 saturated heterocycles. The largest absolute Gasteiger partial charge is 0.336 e. The van der Waals surface area contributed by atoms with Gasteiger partial charge < -0.3 is 10.2 Å². The lowest BCUT2D eigenvalue weighted by Crippen LogP contribution is -2.41. The lowest BCUT2D eigenvalue weighted by Gasteiger charge is -2.32. The Labute approximate surface area is 138 Å². The summed E-state index contributed by atoms with van der Waals surface area (Å²) < 4.78 is 0. The zero-order valence-corrected chi connectivity index (χ0v) is 13.8. The number of fused-ring (bicyclic) bond motifs is 1. The van der Waals surface area contributed by atoms with E-state index in [2.05, 4.69) is 12.2 Å². The number of benzene rings is 1. The van der Waals surface area contributed by atoms with Gasteiger partial charge >= 0.3 is 0 Å². The number of halogens is 1. The number of carbonyl (C=O) groups excluding carboxylic acids is 2. The highest BCUT2D eigenvalue weighted by Gasteiger charge is 2.26. The molecule has 116 valence electrons. The molecule has 0 aromatic heterocycles. The van der Waals surface area contributed by atoms with Crippen LogP contribution in [0.2, 0.25) is 5.02 Å². The maximum Gasteiger partial charge on any atom is 0.262 e. The van der Waals surface area contributed by atoms with Crippen molar-refractivity contribution in [2.45, 2.75) is 37.1 Å². The van der Waals surface area contributed by atoms with Crippen LogP contribution in [0.1, 0.15) is 26.2 Å². The highest BCUT2D eigenvalue weighted by atomic mass is 35.5. The summed E-state index contributed by atoms with van der Waals surface area (Å²) >= 11 is 7.24. The van der Waals surface area contributed by atoms with Crippen LogP contribution in [0.15, 0.2) is 34.1 Å². The number of likely N-dealkylation sites (tertiary alicyclic amines) is 1. The van der Waals surface area contributed by atoms with E-state index < -0.39 is 0 Å². The fraction of sp³-hybridized carbons (Fsp3) is 0.375. The Hall–Kier alpha value is -1.46. The molecule has 0 saturated carbocycles. The second-order valence-electron chi connectivity index (χ2n) is 5.58. The Morgan fingerprint density at radius 3 is 3.05 bits per heavy atom. The SMILES string of the molecule is C[C@@H]1CCCCN1C(=O)/C=C1/Sc2ccc(Cl)cc2NC1=O. The van der Waals surface area contributed by atoms with Gasteiger partial charge in [0, 0.05) is 28.6 Å². The Kier molecular flexibility index (Phi) is 4.45. The van der Waals surface area contributed by atoms with Crippen LogP contribution < -0.4 is 5.32 Å². The first-order valence-corrected chi connectivity index (χ1v) is 8.55. The molecule has 6 heteroatoms. The summed E-state index contributed by atoms with van der Waals surface area (Å²) in [5, 5.41) is 3.36. The summed E-state index contributed by atoms with van der Waals surface area (Å²) in [6.07, 6.45) is 4.67. The molecule has 2 aliphatic heterocycles. The first-order valence-electron chi connectivity index (χ1n) is 7.35. The van der Waals surface area contributed by atoms with Crippen molar-refractivity contribution in [3.63, 3.8) is 0 Å². The van der Waals surface area contributed by atoms with Crippen LogP contribution in [-0.4, -0.2) is 29.3 Å². The maximum atomic E-state index is 12.4. The number of amides is 2. The molecule has 1 aromatic carbocycles. The predicted octanol–water partition coefficient (Wildman–Crippen LogP) is 3.67. The fourth-order valence-corrected chi connectivity index (χ4v) is 3.82. The molecular weight excluding hydrogens is 320 g/mol. The van der Waals surface area contributed by atoms with Gasteiger partial charge in [-0.2, -0.15) is 0 Å². The average molecular weight is 337 g/mol. The Morgan fingerprint density at radius 2 is 2.27 bits per heavy atom. The van der Waals surface area contributed by atoms with E-state index in [9.17, 15) is 9.59 Å². The number of carbonyl (C=O) groups is 2. The van der Waals surface area contributed by atoms with Crippen LogP contribution in [0.5, 0.6) is 0 Å². The minimum absolute atomic E-state index is 0.0812. The van der Waals surface area contributed by atoms with Gasteiger partial charge in [-0.15, -0.1) is 0 Å². The third-order valence-electron chi connectivity index (χ3n) is 3.97. The van der Waals surface area contributed by atoms with Gasteiger partial charge in [0.1, 0.15) is 0 Å². The fourth-order valence-electron chi connectivity index (χ4n) is 2.75. The average Bonchev–Trinajstić information content (AvgIpc) is 2.48. The van der Waals surface area contributed by atoms with Gasteiger partial charge in [0.15, 0.2) is 0 Å². The second-order valence-corrected chi connectivity index (χ2v) is 7.10. The lowest BCUT2D eigenvalue weighted by atomic mass is 10.0. The molecule has 4 nitrogen and oxygen atoms in total. The minimum Gasteiger partial charge on any atom is -0.336 e. The summed E-state index contributed by atoms with van der Waals surface area (Å²) in [5.41, 5.74) is 0.693. The molecule has 2 amide bonds. The molecular formula is C16H17ClN2O2S. The van der Waals surface area contributed by atoms with Gasteiger partial charge in [-0.1, -0.05) is 23.4 Å². The number of hydrogen-bond donors (Lipinski definition) is 1. The molecule has 0 radical (unpaired) electrons. The summed E-state index contributed by atoms with van der Waals surface area (Å²) in [5.74, 6) is -0.333. The van der Waals surface area contributed by atoms with E-state index in [1.165, 1.54) is 17.8 Å². The monoisotopic (exact) mass is 336 g/mol. The van der Waals surface area contributed by atoms with E-state index in [-0.39, 0.29) is 17.9 Å². The first-order chi connectivity index (χ1) is 10.5. The van der Waals surface area contributed by atoms with Crippen LogP contribution in [0, 0.1) is 0 Å². The Morgan fingerprint density at radius 1 is 1.45 bits per heavy atom. The van der Waals surface area contributed by atoms with Crippen molar-refractivity contribution in [1.82, 2.24) is 4.90 Å². The van der Waals surface area contributed by atoms with Crippen LogP contribution in [0.3, 0.4) is 0 Å². The molecule has 1 N–H and O–H groups in total. The topological polar surface area (TPSA) is 49.4 Å². The number of nitrogens with zero attached hydrogens (tertiary/aromatic N) is 1.